The zero-order valence-electron chi connectivity index (χ0n) is 13.4. The summed E-state index contributed by atoms with van der Waals surface area (Å²) in [5.74, 6) is 1.76. The molecular formula is C18H26N2O2. The summed E-state index contributed by atoms with van der Waals surface area (Å²) in [5.41, 5.74) is 2.25. The Bertz CT molecular complexity index is 520. The molecule has 4 heteroatoms. The van der Waals surface area contributed by atoms with Gasteiger partial charge in [0.25, 0.3) is 0 Å². The molecule has 1 aliphatic heterocycles. The monoisotopic (exact) mass is 302 g/mol. The number of aryl methyl sites for hydroxylation is 1. The van der Waals surface area contributed by atoms with Gasteiger partial charge in [-0.05, 0) is 56.7 Å². The zero-order valence-corrected chi connectivity index (χ0v) is 13.4. The molecule has 2 aliphatic rings. The molecule has 1 aromatic rings. The highest BCUT2D eigenvalue weighted by atomic mass is 16.5. The lowest BCUT2D eigenvalue weighted by molar-refractivity contribution is -0.123. The predicted molar refractivity (Wildman–Crippen MR) is 86.9 cm³/mol. The van der Waals surface area contributed by atoms with Crippen LogP contribution in [-0.2, 0) is 11.3 Å². The van der Waals surface area contributed by atoms with E-state index in [1.54, 1.807) is 0 Å². The molecule has 1 saturated carbocycles. The fourth-order valence-electron chi connectivity index (χ4n) is 2.82. The van der Waals surface area contributed by atoms with Crippen LogP contribution in [0.4, 0.5) is 0 Å². The molecule has 2 fully saturated rings. The van der Waals surface area contributed by atoms with Crippen molar-refractivity contribution >= 4 is 5.91 Å². The summed E-state index contributed by atoms with van der Waals surface area (Å²) < 4.78 is 5.95. The Labute approximate surface area is 132 Å². The maximum atomic E-state index is 12.2. The number of carbonyl (C=O) groups excluding carboxylic acids is 1. The van der Waals surface area contributed by atoms with Gasteiger partial charge in [0.05, 0.1) is 12.6 Å². The summed E-state index contributed by atoms with van der Waals surface area (Å²) in [6.07, 6.45) is 5.80. The van der Waals surface area contributed by atoms with E-state index in [0.29, 0.717) is 6.54 Å². The topological polar surface area (TPSA) is 50.4 Å². The van der Waals surface area contributed by atoms with E-state index in [2.05, 4.69) is 35.8 Å². The van der Waals surface area contributed by atoms with E-state index in [-0.39, 0.29) is 11.9 Å². The van der Waals surface area contributed by atoms with E-state index in [1.165, 1.54) is 24.8 Å². The fourth-order valence-corrected chi connectivity index (χ4v) is 2.82. The van der Waals surface area contributed by atoms with Gasteiger partial charge in [0.1, 0.15) is 5.75 Å². The molecule has 1 atom stereocenters. The van der Waals surface area contributed by atoms with Crippen molar-refractivity contribution in [2.45, 2.75) is 51.6 Å². The van der Waals surface area contributed by atoms with Crippen LogP contribution in [0.5, 0.6) is 5.75 Å². The predicted octanol–water partition coefficient (Wildman–Crippen LogP) is 2.54. The molecule has 0 spiro atoms. The first-order chi connectivity index (χ1) is 10.7. The van der Waals surface area contributed by atoms with Crippen LogP contribution in [0.3, 0.4) is 0 Å². The lowest BCUT2D eigenvalue weighted by Gasteiger charge is -2.22. The number of piperidine rings is 1. The molecule has 1 unspecified atom stereocenters. The summed E-state index contributed by atoms with van der Waals surface area (Å²) in [6.45, 7) is 4.35. The van der Waals surface area contributed by atoms with E-state index in [4.69, 9.17) is 4.74 Å². The molecule has 0 radical (unpaired) electrons. The van der Waals surface area contributed by atoms with Crippen LogP contribution in [0.15, 0.2) is 18.2 Å². The first-order valence-electron chi connectivity index (χ1n) is 8.46. The number of amides is 1. The van der Waals surface area contributed by atoms with E-state index < -0.39 is 0 Å². The van der Waals surface area contributed by atoms with Crippen LogP contribution in [-0.4, -0.2) is 25.1 Å². The van der Waals surface area contributed by atoms with Gasteiger partial charge in [-0.25, -0.2) is 0 Å². The third-order valence-corrected chi connectivity index (χ3v) is 4.47. The molecule has 1 amide bonds. The summed E-state index contributed by atoms with van der Waals surface area (Å²) >= 11 is 0. The van der Waals surface area contributed by atoms with Crippen molar-refractivity contribution in [1.29, 1.82) is 0 Å². The number of hydrogen-bond donors (Lipinski definition) is 2. The standard InChI is InChI=1S/C18H26N2O2/c1-13-5-8-15(17(10-13)22-12-14-6-7-14)11-20-18(21)16-4-2-3-9-19-16/h5,8,10,14,16,19H,2-4,6-7,9,11-12H2,1H3,(H,20,21). The average Bonchev–Trinajstić information content (AvgIpc) is 3.37. The molecule has 120 valence electrons. The van der Waals surface area contributed by atoms with Crippen LogP contribution >= 0.6 is 0 Å². The Morgan fingerprint density at radius 2 is 2.18 bits per heavy atom. The fraction of sp³-hybridized carbons (Fsp3) is 0.611. The van der Waals surface area contributed by atoms with E-state index >= 15 is 0 Å². The SMILES string of the molecule is Cc1ccc(CNC(=O)C2CCCCN2)c(OCC2CC2)c1. The Morgan fingerprint density at radius 3 is 2.91 bits per heavy atom. The first kappa shape index (κ1) is 15.3. The van der Waals surface area contributed by atoms with Crippen molar-refractivity contribution in [3.63, 3.8) is 0 Å². The Morgan fingerprint density at radius 1 is 1.32 bits per heavy atom. The largest absolute Gasteiger partial charge is 0.493 e. The summed E-state index contributed by atoms with van der Waals surface area (Å²) in [4.78, 5) is 12.2. The van der Waals surface area contributed by atoms with Crippen molar-refractivity contribution in [2.24, 2.45) is 5.92 Å². The lowest BCUT2D eigenvalue weighted by atomic mass is 10.0. The quantitative estimate of drug-likeness (QED) is 0.849. The smallest absolute Gasteiger partial charge is 0.237 e. The van der Waals surface area contributed by atoms with Gasteiger partial charge in [-0.2, -0.15) is 0 Å². The van der Waals surface area contributed by atoms with Gasteiger partial charge >= 0.3 is 0 Å². The third kappa shape index (κ3) is 4.23. The summed E-state index contributed by atoms with van der Waals surface area (Å²) in [7, 11) is 0. The van der Waals surface area contributed by atoms with Crippen LogP contribution < -0.4 is 15.4 Å². The molecular weight excluding hydrogens is 276 g/mol. The molecule has 3 rings (SSSR count). The van der Waals surface area contributed by atoms with Crippen LogP contribution in [0.25, 0.3) is 0 Å². The molecule has 1 aliphatic carbocycles. The van der Waals surface area contributed by atoms with Crippen molar-refractivity contribution in [2.75, 3.05) is 13.2 Å². The minimum absolute atomic E-state index is 0.0324. The van der Waals surface area contributed by atoms with Crippen molar-refractivity contribution in [3.8, 4) is 5.75 Å². The number of ether oxygens (including phenoxy) is 1. The minimum Gasteiger partial charge on any atom is -0.493 e. The van der Waals surface area contributed by atoms with Crippen molar-refractivity contribution in [1.82, 2.24) is 10.6 Å². The number of carbonyl (C=O) groups is 1. The number of rotatable bonds is 6. The highest BCUT2D eigenvalue weighted by Gasteiger charge is 2.23. The molecule has 1 saturated heterocycles. The first-order valence-corrected chi connectivity index (χ1v) is 8.46. The van der Waals surface area contributed by atoms with Gasteiger partial charge in [-0.15, -0.1) is 0 Å². The highest BCUT2D eigenvalue weighted by Crippen LogP contribution is 2.30. The van der Waals surface area contributed by atoms with Crippen LogP contribution in [0, 0.1) is 12.8 Å². The van der Waals surface area contributed by atoms with E-state index in [9.17, 15) is 4.79 Å². The van der Waals surface area contributed by atoms with Gasteiger partial charge in [-0.3, -0.25) is 4.79 Å². The van der Waals surface area contributed by atoms with Crippen molar-refractivity contribution < 1.29 is 9.53 Å². The Hall–Kier alpha value is -1.55. The number of hydrogen-bond acceptors (Lipinski definition) is 3. The molecule has 1 aromatic carbocycles. The van der Waals surface area contributed by atoms with Gasteiger partial charge in [-0.1, -0.05) is 18.6 Å². The molecule has 0 aromatic heterocycles. The second-order valence-electron chi connectivity index (χ2n) is 6.59. The van der Waals surface area contributed by atoms with Crippen LogP contribution in [0.1, 0.15) is 43.2 Å². The number of nitrogens with one attached hydrogen (secondary N) is 2. The molecule has 2 N–H and O–H groups in total. The zero-order chi connectivity index (χ0) is 15.4. The average molecular weight is 302 g/mol. The van der Waals surface area contributed by atoms with Gasteiger partial charge in [0, 0.05) is 12.1 Å². The Balaban J connectivity index is 1.57. The molecule has 1 heterocycles. The maximum absolute atomic E-state index is 12.2. The second-order valence-corrected chi connectivity index (χ2v) is 6.59. The lowest BCUT2D eigenvalue weighted by Crippen LogP contribution is -2.46. The maximum Gasteiger partial charge on any atom is 0.237 e. The molecule has 22 heavy (non-hydrogen) atoms. The van der Waals surface area contributed by atoms with E-state index in [0.717, 1.165) is 43.2 Å². The summed E-state index contributed by atoms with van der Waals surface area (Å²) in [6, 6.07) is 6.18. The minimum atomic E-state index is -0.0324. The van der Waals surface area contributed by atoms with Gasteiger partial charge in [0.2, 0.25) is 5.91 Å². The summed E-state index contributed by atoms with van der Waals surface area (Å²) in [5, 5.41) is 6.33. The molecule has 0 bridgehead atoms. The normalized spacial score (nSPS) is 21.4. The Kier molecular flexibility index (Phi) is 4.98. The second kappa shape index (κ2) is 7.14. The van der Waals surface area contributed by atoms with Gasteiger partial charge < -0.3 is 15.4 Å². The molecule has 4 nitrogen and oxygen atoms in total. The van der Waals surface area contributed by atoms with Crippen LogP contribution in [0.2, 0.25) is 0 Å². The van der Waals surface area contributed by atoms with Gasteiger partial charge in [0.15, 0.2) is 0 Å². The number of benzene rings is 1. The highest BCUT2D eigenvalue weighted by molar-refractivity contribution is 5.81. The van der Waals surface area contributed by atoms with Crippen molar-refractivity contribution in [3.05, 3.63) is 29.3 Å². The van der Waals surface area contributed by atoms with E-state index in [1.807, 2.05) is 0 Å². The third-order valence-electron chi connectivity index (χ3n) is 4.47.